The summed E-state index contributed by atoms with van der Waals surface area (Å²) in [6, 6.07) is 21.9. The van der Waals surface area contributed by atoms with Crippen LogP contribution in [-0.2, 0) is 11.3 Å². The number of halogens is 1. The van der Waals surface area contributed by atoms with E-state index in [1.807, 2.05) is 61.5 Å². The van der Waals surface area contributed by atoms with Crippen molar-refractivity contribution in [2.24, 2.45) is 4.99 Å². The fourth-order valence-electron chi connectivity index (χ4n) is 3.14. The number of amidine groups is 1. The highest BCUT2D eigenvalue weighted by Crippen LogP contribution is 2.36. The molecule has 0 atom stereocenters. The summed E-state index contributed by atoms with van der Waals surface area (Å²) in [4.78, 5) is 30.7. The van der Waals surface area contributed by atoms with E-state index < -0.39 is 4.92 Å². The van der Waals surface area contributed by atoms with E-state index in [-0.39, 0.29) is 16.6 Å². The van der Waals surface area contributed by atoms with E-state index in [0.717, 1.165) is 16.8 Å². The molecule has 32 heavy (non-hydrogen) atoms. The van der Waals surface area contributed by atoms with Gasteiger partial charge in [0.1, 0.15) is 5.02 Å². The highest BCUT2D eigenvalue weighted by molar-refractivity contribution is 8.18. The first-order chi connectivity index (χ1) is 15.4. The van der Waals surface area contributed by atoms with Gasteiger partial charge in [-0.25, -0.2) is 4.99 Å². The summed E-state index contributed by atoms with van der Waals surface area (Å²) < 4.78 is 0. The first-order valence-electron chi connectivity index (χ1n) is 9.75. The fraction of sp³-hybridized carbons (Fsp3) is 0.0833. The standard InChI is InChI=1S/C24H18ClN3O3S/c1-16-7-10-19(11-8-16)26-24-27(15-17-5-3-2-4-6-17)23(29)22(32-24)14-18-9-12-20(25)21(13-18)28(30)31/h2-14H,15H2,1H3/b22-14+,26-24?. The number of hydrogen-bond donors (Lipinski definition) is 0. The van der Waals surface area contributed by atoms with Crippen LogP contribution in [0.4, 0.5) is 11.4 Å². The van der Waals surface area contributed by atoms with E-state index in [2.05, 4.69) is 0 Å². The largest absolute Gasteiger partial charge is 0.288 e. The maximum atomic E-state index is 13.3. The minimum atomic E-state index is -0.542. The van der Waals surface area contributed by atoms with Gasteiger partial charge in [0.2, 0.25) is 0 Å². The number of aryl methyl sites for hydroxylation is 1. The zero-order valence-corrected chi connectivity index (χ0v) is 18.6. The molecule has 1 aliphatic heterocycles. The number of aliphatic imine (C=N–C) groups is 1. The van der Waals surface area contributed by atoms with Crippen LogP contribution in [0.1, 0.15) is 16.7 Å². The molecule has 1 saturated heterocycles. The summed E-state index contributed by atoms with van der Waals surface area (Å²) in [5.74, 6) is -0.206. The molecule has 0 aliphatic carbocycles. The molecule has 8 heteroatoms. The molecule has 3 aromatic carbocycles. The van der Waals surface area contributed by atoms with Gasteiger partial charge in [0.05, 0.1) is 22.1 Å². The molecule has 160 valence electrons. The first kappa shape index (κ1) is 21.8. The number of carbonyl (C=O) groups excluding carboxylic acids is 1. The lowest BCUT2D eigenvalue weighted by Gasteiger charge is -2.15. The third kappa shape index (κ3) is 4.90. The molecule has 0 radical (unpaired) electrons. The fourth-order valence-corrected chi connectivity index (χ4v) is 4.32. The number of nitrogens with zero attached hydrogens (tertiary/aromatic N) is 3. The third-order valence-corrected chi connectivity index (χ3v) is 6.12. The van der Waals surface area contributed by atoms with Gasteiger partial charge >= 0.3 is 0 Å². The summed E-state index contributed by atoms with van der Waals surface area (Å²) >= 11 is 7.16. The molecule has 6 nitrogen and oxygen atoms in total. The average molecular weight is 464 g/mol. The molecule has 0 N–H and O–H groups in total. The summed E-state index contributed by atoms with van der Waals surface area (Å²) in [6.07, 6.45) is 1.63. The van der Waals surface area contributed by atoms with E-state index in [1.165, 1.54) is 23.9 Å². The van der Waals surface area contributed by atoms with E-state index >= 15 is 0 Å². The number of nitro benzene ring substituents is 1. The Bertz CT molecular complexity index is 1240. The number of rotatable bonds is 5. The van der Waals surface area contributed by atoms with Crippen molar-refractivity contribution in [3.05, 3.63) is 110 Å². The van der Waals surface area contributed by atoms with Crippen molar-refractivity contribution < 1.29 is 9.72 Å². The van der Waals surface area contributed by atoms with Gasteiger partial charge in [-0.05, 0) is 54.1 Å². The van der Waals surface area contributed by atoms with Gasteiger partial charge < -0.3 is 0 Å². The molecule has 1 fully saturated rings. The summed E-state index contributed by atoms with van der Waals surface area (Å²) in [5.41, 5.74) is 3.16. The number of benzene rings is 3. The van der Waals surface area contributed by atoms with Crippen LogP contribution in [0.15, 0.2) is 82.7 Å². The molecule has 0 saturated carbocycles. The SMILES string of the molecule is Cc1ccc(N=C2S/C(=C/c3ccc(Cl)c([N+](=O)[O-])c3)C(=O)N2Cc2ccccc2)cc1. The molecular weight excluding hydrogens is 446 g/mol. The van der Waals surface area contributed by atoms with Gasteiger partial charge in [-0.15, -0.1) is 0 Å². The van der Waals surface area contributed by atoms with Crippen molar-refractivity contribution in [1.29, 1.82) is 0 Å². The van der Waals surface area contributed by atoms with Crippen molar-refractivity contribution in [3.63, 3.8) is 0 Å². The van der Waals surface area contributed by atoms with Crippen molar-refractivity contribution in [2.45, 2.75) is 13.5 Å². The Hall–Kier alpha value is -3.42. The number of hydrogen-bond acceptors (Lipinski definition) is 5. The van der Waals surface area contributed by atoms with Gasteiger partial charge in [0.15, 0.2) is 5.17 Å². The van der Waals surface area contributed by atoms with Gasteiger partial charge in [-0.3, -0.25) is 19.8 Å². The number of carbonyl (C=O) groups is 1. The van der Waals surface area contributed by atoms with E-state index in [0.29, 0.717) is 22.2 Å². The Morgan fingerprint density at radius 1 is 1.09 bits per heavy atom. The normalized spacial score (nSPS) is 16.2. The topological polar surface area (TPSA) is 75.8 Å². The molecule has 0 bridgehead atoms. The third-order valence-electron chi connectivity index (χ3n) is 4.79. The number of thioether (sulfide) groups is 1. The van der Waals surface area contributed by atoms with Gasteiger partial charge in [0.25, 0.3) is 11.6 Å². The first-order valence-corrected chi connectivity index (χ1v) is 10.9. The van der Waals surface area contributed by atoms with Crippen LogP contribution in [0.25, 0.3) is 6.08 Å². The highest BCUT2D eigenvalue weighted by atomic mass is 35.5. The van der Waals surface area contributed by atoms with Crippen LogP contribution in [0, 0.1) is 17.0 Å². The van der Waals surface area contributed by atoms with Crippen LogP contribution in [-0.4, -0.2) is 20.9 Å². The molecule has 0 aromatic heterocycles. The second-order valence-corrected chi connectivity index (χ2v) is 8.60. The highest BCUT2D eigenvalue weighted by Gasteiger charge is 2.33. The van der Waals surface area contributed by atoms with Crippen LogP contribution < -0.4 is 0 Å². The lowest BCUT2D eigenvalue weighted by Crippen LogP contribution is -2.28. The Morgan fingerprint density at radius 2 is 1.81 bits per heavy atom. The smallest absolute Gasteiger partial charge is 0.282 e. The Balaban J connectivity index is 1.71. The van der Waals surface area contributed by atoms with Crippen molar-refractivity contribution in [2.75, 3.05) is 0 Å². The zero-order chi connectivity index (χ0) is 22.7. The molecule has 1 aliphatic rings. The van der Waals surface area contributed by atoms with Crippen molar-refractivity contribution in [3.8, 4) is 0 Å². The molecule has 1 amide bonds. The summed E-state index contributed by atoms with van der Waals surface area (Å²) in [7, 11) is 0. The van der Waals surface area contributed by atoms with E-state index in [9.17, 15) is 14.9 Å². The Morgan fingerprint density at radius 3 is 2.50 bits per heavy atom. The maximum Gasteiger partial charge on any atom is 0.288 e. The summed E-state index contributed by atoms with van der Waals surface area (Å²) in [5, 5.41) is 11.8. The maximum absolute atomic E-state index is 13.3. The van der Waals surface area contributed by atoms with Crippen LogP contribution in [0.3, 0.4) is 0 Å². The van der Waals surface area contributed by atoms with Gasteiger partial charge in [-0.2, -0.15) is 0 Å². The molecule has 1 heterocycles. The molecule has 4 rings (SSSR count). The predicted molar refractivity (Wildman–Crippen MR) is 129 cm³/mol. The van der Waals surface area contributed by atoms with E-state index in [4.69, 9.17) is 16.6 Å². The zero-order valence-electron chi connectivity index (χ0n) is 17.1. The number of amides is 1. The predicted octanol–water partition coefficient (Wildman–Crippen LogP) is 6.36. The lowest BCUT2D eigenvalue weighted by molar-refractivity contribution is -0.384. The van der Waals surface area contributed by atoms with Crippen LogP contribution in [0.2, 0.25) is 5.02 Å². The second-order valence-electron chi connectivity index (χ2n) is 7.19. The molecule has 3 aromatic rings. The Kier molecular flexibility index (Phi) is 6.39. The van der Waals surface area contributed by atoms with Crippen LogP contribution >= 0.6 is 23.4 Å². The van der Waals surface area contributed by atoms with Crippen molar-refractivity contribution in [1.82, 2.24) is 4.90 Å². The lowest BCUT2D eigenvalue weighted by atomic mass is 10.1. The van der Waals surface area contributed by atoms with Crippen molar-refractivity contribution >= 4 is 51.9 Å². The average Bonchev–Trinajstić information content (AvgIpc) is 3.06. The molecule has 0 unspecified atom stereocenters. The minimum Gasteiger partial charge on any atom is -0.282 e. The van der Waals surface area contributed by atoms with E-state index in [1.54, 1.807) is 17.0 Å². The Labute approximate surface area is 194 Å². The molecule has 0 spiro atoms. The molecular formula is C24H18ClN3O3S. The van der Waals surface area contributed by atoms with Crippen LogP contribution in [0.5, 0.6) is 0 Å². The minimum absolute atomic E-state index is 0.0508. The quantitative estimate of drug-likeness (QED) is 0.250. The summed E-state index contributed by atoms with van der Waals surface area (Å²) in [6.45, 7) is 2.37. The second kappa shape index (κ2) is 9.38. The van der Waals surface area contributed by atoms with Gasteiger partial charge in [0, 0.05) is 6.07 Å². The monoisotopic (exact) mass is 463 g/mol. The number of nitro groups is 1. The van der Waals surface area contributed by atoms with Gasteiger partial charge in [-0.1, -0.05) is 65.7 Å².